The lowest BCUT2D eigenvalue weighted by Gasteiger charge is -2.22. The van der Waals surface area contributed by atoms with Gasteiger partial charge in [0.2, 0.25) is 0 Å². The molecule has 0 aliphatic heterocycles. The summed E-state index contributed by atoms with van der Waals surface area (Å²) in [5.74, 6) is 0.701. The molecule has 0 radical (unpaired) electrons. The molecule has 0 aliphatic carbocycles. The largest absolute Gasteiger partial charge is 0.293 e. The first-order chi connectivity index (χ1) is 9.79. The van der Waals surface area contributed by atoms with Crippen molar-refractivity contribution in [2.75, 3.05) is 12.4 Å². The molecular formula is C17H21ClN2. The van der Waals surface area contributed by atoms with Gasteiger partial charge in [0.1, 0.15) is 0 Å². The van der Waals surface area contributed by atoms with Crippen LogP contribution in [0.15, 0.2) is 48.7 Å². The van der Waals surface area contributed by atoms with E-state index in [9.17, 15) is 0 Å². The number of halogens is 1. The zero-order valence-electron chi connectivity index (χ0n) is 11.9. The predicted octanol–water partition coefficient (Wildman–Crippen LogP) is 4.02. The summed E-state index contributed by atoms with van der Waals surface area (Å²) in [4.78, 5) is 6.83. The smallest absolute Gasteiger partial charge is 0.0544 e. The summed E-state index contributed by atoms with van der Waals surface area (Å²) in [7, 11) is 0. The molecule has 0 amide bonds. The van der Waals surface area contributed by atoms with E-state index in [0.29, 0.717) is 5.88 Å². The van der Waals surface area contributed by atoms with E-state index < -0.39 is 0 Å². The molecule has 2 rings (SSSR count). The van der Waals surface area contributed by atoms with Crippen LogP contribution in [0.3, 0.4) is 0 Å². The maximum absolute atomic E-state index is 5.84. The maximum atomic E-state index is 5.84. The molecule has 2 aromatic rings. The third-order valence-corrected chi connectivity index (χ3v) is 3.64. The molecule has 0 spiro atoms. The Hall–Kier alpha value is -1.38. The lowest BCUT2D eigenvalue weighted by atomic mass is 10.1. The van der Waals surface area contributed by atoms with Crippen molar-refractivity contribution in [1.29, 1.82) is 0 Å². The molecular weight excluding hydrogens is 268 g/mol. The first kappa shape index (κ1) is 15.0. The van der Waals surface area contributed by atoms with Crippen LogP contribution < -0.4 is 0 Å². The lowest BCUT2D eigenvalue weighted by molar-refractivity contribution is 0.254. The monoisotopic (exact) mass is 288 g/mol. The van der Waals surface area contributed by atoms with Crippen molar-refractivity contribution in [3.63, 3.8) is 0 Å². The molecule has 106 valence electrons. The number of hydrogen-bond acceptors (Lipinski definition) is 2. The predicted molar refractivity (Wildman–Crippen MR) is 84.9 cm³/mol. The number of aromatic nitrogens is 1. The third-order valence-electron chi connectivity index (χ3n) is 3.37. The van der Waals surface area contributed by atoms with Gasteiger partial charge in [-0.15, -0.1) is 11.6 Å². The average Bonchev–Trinajstić information content (AvgIpc) is 2.48. The number of pyridine rings is 1. The normalized spacial score (nSPS) is 10.9. The minimum Gasteiger partial charge on any atom is -0.293 e. The van der Waals surface area contributed by atoms with E-state index in [1.165, 1.54) is 11.1 Å². The van der Waals surface area contributed by atoms with Gasteiger partial charge in [0.15, 0.2) is 0 Å². The highest BCUT2D eigenvalue weighted by Gasteiger charge is 2.08. The Kier molecular flexibility index (Phi) is 6.03. The zero-order valence-corrected chi connectivity index (χ0v) is 12.7. The van der Waals surface area contributed by atoms with Crippen LogP contribution in [0, 0.1) is 6.92 Å². The van der Waals surface area contributed by atoms with E-state index in [1.807, 2.05) is 18.3 Å². The highest BCUT2D eigenvalue weighted by molar-refractivity contribution is 6.17. The summed E-state index contributed by atoms with van der Waals surface area (Å²) < 4.78 is 0. The molecule has 0 atom stereocenters. The summed E-state index contributed by atoms with van der Waals surface area (Å²) in [6, 6.07) is 14.6. The van der Waals surface area contributed by atoms with E-state index in [4.69, 9.17) is 11.6 Å². The van der Waals surface area contributed by atoms with Gasteiger partial charge in [-0.2, -0.15) is 0 Å². The van der Waals surface area contributed by atoms with E-state index in [0.717, 1.165) is 31.7 Å². The second-order valence-corrected chi connectivity index (χ2v) is 5.38. The first-order valence-electron chi connectivity index (χ1n) is 7.02. The summed E-state index contributed by atoms with van der Waals surface area (Å²) in [6.07, 6.45) is 2.85. The molecule has 1 aromatic carbocycles. The Morgan fingerprint density at radius 1 is 1.05 bits per heavy atom. The van der Waals surface area contributed by atoms with Crippen LogP contribution in [0.2, 0.25) is 0 Å². The van der Waals surface area contributed by atoms with Gasteiger partial charge in [-0.3, -0.25) is 9.88 Å². The number of aryl methyl sites for hydroxylation is 1. The number of alkyl halides is 1. The van der Waals surface area contributed by atoms with E-state index in [1.54, 1.807) is 0 Å². The Morgan fingerprint density at radius 3 is 2.55 bits per heavy atom. The van der Waals surface area contributed by atoms with Gasteiger partial charge >= 0.3 is 0 Å². The fraction of sp³-hybridized carbons (Fsp3) is 0.353. The van der Waals surface area contributed by atoms with Gasteiger partial charge in [0, 0.05) is 31.7 Å². The van der Waals surface area contributed by atoms with Crippen LogP contribution in [0.4, 0.5) is 0 Å². The van der Waals surface area contributed by atoms with Crippen molar-refractivity contribution in [3.05, 3.63) is 65.5 Å². The zero-order chi connectivity index (χ0) is 14.2. The molecule has 0 saturated heterocycles. The van der Waals surface area contributed by atoms with Crippen molar-refractivity contribution in [3.8, 4) is 0 Å². The van der Waals surface area contributed by atoms with E-state index >= 15 is 0 Å². The molecule has 0 unspecified atom stereocenters. The van der Waals surface area contributed by atoms with Crippen LogP contribution in [0.5, 0.6) is 0 Å². The second kappa shape index (κ2) is 8.03. The number of hydrogen-bond donors (Lipinski definition) is 0. The fourth-order valence-electron chi connectivity index (χ4n) is 2.25. The molecule has 0 fully saturated rings. The molecule has 1 heterocycles. The van der Waals surface area contributed by atoms with Crippen LogP contribution >= 0.6 is 11.6 Å². The van der Waals surface area contributed by atoms with E-state index in [2.05, 4.69) is 47.1 Å². The van der Waals surface area contributed by atoms with Crippen molar-refractivity contribution in [2.45, 2.75) is 26.4 Å². The fourth-order valence-corrected chi connectivity index (χ4v) is 2.37. The quantitative estimate of drug-likeness (QED) is 0.715. The summed E-state index contributed by atoms with van der Waals surface area (Å²) in [6.45, 7) is 4.97. The molecule has 0 aliphatic rings. The molecule has 20 heavy (non-hydrogen) atoms. The van der Waals surface area contributed by atoms with Crippen molar-refractivity contribution in [2.24, 2.45) is 0 Å². The third kappa shape index (κ3) is 4.62. The van der Waals surface area contributed by atoms with Crippen LogP contribution in [0.25, 0.3) is 0 Å². The van der Waals surface area contributed by atoms with Gasteiger partial charge in [-0.05, 0) is 36.6 Å². The Balaban J connectivity index is 2.05. The van der Waals surface area contributed by atoms with E-state index in [-0.39, 0.29) is 0 Å². The summed E-state index contributed by atoms with van der Waals surface area (Å²) in [5, 5.41) is 0. The topological polar surface area (TPSA) is 16.1 Å². The molecule has 2 nitrogen and oxygen atoms in total. The Bertz CT molecular complexity index is 513. The van der Waals surface area contributed by atoms with Gasteiger partial charge < -0.3 is 0 Å². The summed E-state index contributed by atoms with van der Waals surface area (Å²) >= 11 is 5.84. The number of nitrogens with zero attached hydrogens (tertiary/aromatic N) is 2. The van der Waals surface area contributed by atoms with Crippen LogP contribution in [-0.4, -0.2) is 22.3 Å². The minimum absolute atomic E-state index is 0.701. The van der Waals surface area contributed by atoms with Gasteiger partial charge in [-0.1, -0.05) is 30.3 Å². The van der Waals surface area contributed by atoms with Crippen LogP contribution in [-0.2, 0) is 13.1 Å². The van der Waals surface area contributed by atoms with Crippen molar-refractivity contribution < 1.29 is 0 Å². The number of rotatable bonds is 7. The highest BCUT2D eigenvalue weighted by Crippen LogP contribution is 2.13. The second-order valence-electron chi connectivity index (χ2n) is 5.00. The molecule has 0 bridgehead atoms. The van der Waals surface area contributed by atoms with Crippen molar-refractivity contribution in [1.82, 2.24) is 9.88 Å². The Morgan fingerprint density at radius 2 is 1.85 bits per heavy atom. The highest BCUT2D eigenvalue weighted by atomic mass is 35.5. The van der Waals surface area contributed by atoms with Gasteiger partial charge in [0.05, 0.1) is 5.69 Å². The standard InChI is InChI=1S/C17H21ClN2/c1-15-7-2-3-8-16(15)13-20(12-6-10-18)14-17-9-4-5-11-19-17/h2-5,7-9,11H,6,10,12-14H2,1H3. The maximum Gasteiger partial charge on any atom is 0.0544 e. The average molecular weight is 289 g/mol. The molecule has 0 N–H and O–H groups in total. The van der Waals surface area contributed by atoms with Crippen LogP contribution in [0.1, 0.15) is 23.2 Å². The number of benzene rings is 1. The first-order valence-corrected chi connectivity index (χ1v) is 7.56. The molecule has 0 saturated carbocycles. The Labute approximate surface area is 126 Å². The SMILES string of the molecule is Cc1ccccc1CN(CCCCl)Cc1ccccn1. The van der Waals surface area contributed by atoms with Gasteiger partial charge in [-0.25, -0.2) is 0 Å². The van der Waals surface area contributed by atoms with Crippen molar-refractivity contribution >= 4 is 11.6 Å². The molecule has 1 aromatic heterocycles. The minimum atomic E-state index is 0.701. The lowest BCUT2D eigenvalue weighted by Crippen LogP contribution is -2.25. The van der Waals surface area contributed by atoms with Gasteiger partial charge in [0.25, 0.3) is 0 Å². The molecule has 3 heteroatoms. The summed E-state index contributed by atoms with van der Waals surface area (Å²) in [5.41, 5.74) is 3.82.